The van der Waals surface area contributed by atoms with Crippen LogP contribution in [-0.2, 0) is 19.4 Å². The van der Waals surface area contributed by atoms with E-state index in [2.05, 4.69) is 13.8 Å². The Morgan fingerprint density at radius 2 is 1.82 bits per heavy atom. The average Bonchev–Trinajstić information content (AvgIpc) is 2.54. The van der Waals surface area contributed by atoms with Crippen molar-refractivity contribution in [3.8, 4) is 5.75 Å². The van der Waals surface area contributed by atoms with E-state index < -0.39 is 0 Å². The summed E-state index contributed by atoms with van der Waals surface area (Å²) in [5.41, 5.74) is 3.11. The third kappa shape index (κ3) is 2.52. The van der Waals surface area contributed by atoms with Crippen LogP contribution in [0.4, 0.5) is 0 Å². The van der Waals surface area contributed by atoms with E-state index in [4.69, 9.17) is 4.42 Å². The highest BCUT2D eigenvalue weighted by Crippen LogP contribution is 2.32. The fourth-order valence-electron chi connectivity index (χ4n) is 3.47. The van der Waals surface area contributed by atoms with Crippen LogP contribution in [0, 0.1) is 0 Å². The lowest BCUT2D eigenvalue weighted by molar-refractivity contribution is -0.910. The monoisotopic (exact) mass is 302 g/mol. The first-order valence-corrected chi connectivity index (χ1v) is 8.28. The molecule has 0 atom stereocenters. The van der Waals surface area contributed by atoms with Gasteiger partial charge in [-0.3, -0.25) is 0 Å². The molecule has 0 bridgehead atoms. The molecule has 1 aliphatic rings. The van der Waals surface area contributed by atoms with Gasteiger partial charge in [-0.1, -0.05) is 0 Å². The van der Waals surface area contributed by atoms with E-state index in [1.807, 2.05) is 6.07 Å². The van der Waals surface area contributed by atoms with Crippen LogP contribution in [0.2, 0.25) is 0 Å². The maximum Gasteiger partial charge on any atom is 0.339 e. The SMILES string of the molecule is CC[NH+](CC)Cc1c(O)ccc2c3c(c(=O)oc12)CCCC3. The Balaban J connectivity index is 2.22. The van der Waals surface area contributed by atoms with E-state index >= 15 is 0 Å². The van der Waals surface area contributed by atoms with Gasteiger partial charge in [-0.25, -0.2) is 4.79 Å². The summed E-state index contributed by atoms with van der Waals surface area (Å²) in [6.45, 7) is 6.87. The van der Waals surface area contributed by atoms with Gasteiger partial charge in [0.05, 0.1) is 18.7 Å². The van der Waals surface area contributed by atoms with E-state index in [1.54, 1.807) is 6.07 Å². The number of phenols is 1. The van der Waals surface area contributed by atoms with Crippen molar-refractivity contribution < 1.29 is 14.4 Å². The Hall–Kier alpha value is -1.81. The van der Waals surface area contributed by atoms with Crippen LogP contribution in [0.15, 0.2) is 21.3 Å². The van der Waals surface area contributed by atoms with Crippen molar-refractivity contribution in [2.75, 3.05) is 13.1 Å². The van der Waals surface area contributed by atoms with E-state index in [1.165, 1.54) is 4.90 Å². The molecule has 4 nitrogen and oxygen atoms in total. The molecule has 1 heterocycles. The minimum absolute atomic E-state index is 0.219. The minimum atomic E-state index is -0.219. The van der Waals surface area contributed by atoms with Crippen molar-refractivity contribution in [1.82, 2.24) is 0 Å². The van der Waals surface area contributed by atoms with Gasteiger partial charge in [0.15, 0.2) is 5.58 Å². The first-order valence-electron chi connectivity index (χ1n) is 8.28. The highest BCUT2D eigenvalue weighted by molar-refractivity contribution is 5.86. The highest BCUT2D eigenvalue weighted by atomic mass is 16.4. The van der Waals surface area contributed by atoms with Gasteiger partial charge in [-0.05, 0) is 57.2 Å². The third-order valence-electron chi connectivity index (χ3n) is 4.90. The number of aromatic hydroxyl groups is 1. The summed E-state index contributed by atoms with van der Waals surface area (Å²) in [4.78, 5) is 13.7. The maximum absolute atomic E-state index is 12.3. The van der Waals surface area contributed by atoms with Crippen molar-refractivity contribution in [1.29, 1.82) is 0 Å². The zero-order chi connectivity index (χ0) is 15.7. The molecule has 0 amide bonds. The fraction of sp³-hybridized carbons (Fsp3) is 0.500. The number of hydrogen-bond acceptors (Lipinski definition) is 3. The molecule has 0 saturated carbocycles. The van der Waals surface area contributed by atoms with Gasteiger partial charge in [-0.15, -0.1) is 0 Å². The van der Waals surface area contributed by atoms with Gasteiger partial charge < -0.3 is 14.4 Å². The van der Waals surface area contributed by atoms with E-state index in [9.17, 15) is 9.90 Å². The van der Waals surface area contributed by atoms with Crippen LogP contribution in [0.3, 0.4) is 0 Å². The number of benzene rings is 1. The molecule has 2 N–H and O–H groups in total. The lowest BCUT2D eigenvalue weighted by atomic mass is 9.90. The van der Waals surface area contributed by atoms with Crippen LogP contribution in [-0.4, -0.2) is 18.2 Å². The lowest BCUT2D eigenvalue weighted by Crippen LogP contribution is -3.10. The standard InChI is InChI=1S/C18H23NO3/c1-3-19(4-2)11-15-16(20)10-9-13-12-7-5-6-8-14(12)18(21)22-17(13)15/h9-10,20H,3-8,11H2,1-2H3/p+1. The molecule has 4 heteroatoms. The van der Waals surface area contributed by atoms with Crippen LogP contribution >= 0.6 is 0 Å². The summed E-state index contributed by atoms with van der Waals surface area (Å²) >= 11 is 0. The molecule has 0 spiro atoms. The second kappa shape index (κ2) is 6.13. The first-order chi connectivity index (χ1) is 10.7. The molecule has 22 heavy (non-hydrogen) atoms. The van der Waals surface area contributed by atoms with Crippen LogP contribution in [0.25, 0.3) is 11.0 Å². The molecule has 1 aliphatic carbocycles. The summed E-state index contributed by atoms with van der Waals surface area (Å²) in [6, 6.07) is 3.65. The van der Waals surface area contributed by atoms with Gasteiger partial charge in [0.2, 0.25) is 0 Å². The van der Waals surface area contributed by atoms with E-state index in [0.29, 0.717) is 12.1 Å². The summed E-state index contributed by atoms with van der Waals surface area (Å²) in [5.74, 6) is 0.228. The Bertz CT molecular complexity index is 744. The minimum Gasteiger partial charge on any atom is -0.507 e. The van der Waals surface area contributed by atoms with Gasteiger partial charge >= 0.3 is 5.63 Å². The van der Waals surface area contributed by atoms with Crippen molar-refractivity contribution >= 4 is 11.0 Å². The smallest absolute Gasteiger partial charge is 0.339 e. The van der Waals surface area contributed by atoms with E-state index in [-0.39, 0.29) is 11.4 Å². The average molecular weight is 302 g/mol. The van der Waals surface area contributed by atoms with Gasteiger partial charge in [0.1, 0.15) is 12.3 Å². The molecule has 3 rings (SSSR count). The molecule has 2 aromatic rings. The van der Waals surface area contributed by atoms with Crippen LogP contribution < -0.4 is 10.5 Å². The number of nitrogens with one attached hydrogen (secondary N) is 1. The summed E-state index contributed by atoms with van der Waals surface area (Å²) in [6.07, 6.45) is 3.91. The fourth-order valence-corrected chi connectivity index (χ4v) is 3.47. The Labute approximate surface area is 130 Å². The number of hydrogen-bond donors (Lipinski definition) is 2. The van der Waals surface area contributed by atoms with Gasteiger partial charge in [0, 0.05) is 10.9 Å². The molecular weight excluding hydrogens is 278 g/mol. The summed E-state index contributed by atoms with van der Waals surface area (Å²) in [7, 11) is 0. The molecule has 118 valence electrons. The second-order valence-corrected chi connectivity index (χ2v) is 6.13. The molecule has 0 aliphatic heterocycles. The normalized spacial score (nSPS) is 14.5. The zero-order valence-corrected chi connectivity index (χ0v) is 13.4. The molecular formula is C18H24NO3+. The number of aryl methyl sites for hydroxylation is 1. The summed E-state index contributed by atoms with van der Waals surface area (Å²) < 4.78 is 5.63. The maximum atomic E-state index is 12.3. The molecule has 0 radical (unpaired) electrons. The number of quaternary nitrogens is 1. The Morgan fingerprint density at radius 3 is 2.50 bits per heavy atom. The Morgan fingerprint density at radius 1 is 1.14 bits per heavy atom. The zero-order valence-electron chi connectivity index (χ0n) is 13.4. The van der Waals surface area contributed by atoms with Crippen molar-refractivity contribution in [3.05, 3.63) is 39.2 Å². The number of fused-ring (bicyclic) bond motifs is 3. The van der Waals surface area contributed by atoms with Gasteiger partial charge in [0.25, 0.3) is 0 Å². The number of phenolic OH excluding ortho intramolecular Hbond substituents is 1. The predicted molar refractivity (Wildman–Crippen MR) is 86.5 cm³/mol. The van der Waals surface area contributed by atoms with Crippen LogP contribution in [0.5, 0.6) is 5.75 Å². The van der Waals surface area contributed by atoms with Gasteiger partial charge in [-0.2, -0.15) is 0 Å². The van der Waals surface area contributed by atoms with Crippen molar-refractivity contribution in [3.63, 3.8) is 0 Å². The first kappa shape index (κ1) is 15.1. The Kier molecular flexibility index (Phi) is 4.21. The molecule has 0 unspecified atom stereocenters. The molecule has 1 aromatic carbocycles. The molecule has 1 aromatic heterocycles. The quantitative estimate of drug-likeness (QED) is 0.847. The predicted octanol–water partition coefficient (Wildman–Crippen LogP) is 1.80. The third-order valence-corrected chi connectivity index (χ3v) is 4.90. The van der Waals surface area contributed by atoms with Crippen LogP contribution in [0.1, 0.15) is 43.4 Å². The van der Waals surface area contributed by atoms with E-state index in [0.717, 1.165) is 60.8 Å². The molecule has 0 saturated heterocycles. The molecule has 0 fully saturated rings. The topological polar surface area (TPSA) is 54.9 Å². The highest BCUT2D eigenvalue weighted by Gasteiger charge is 2.22. The largest absolute Gasteiger partial charge is 0.507 e. The number of rotatable bonds is 4. The van der Waals surface area contributed by atoms with Crippen molar-refractivity contribution in [2.24, 2.45) is 0 Å². The summed E-state index contributed by atoms with van der Waals surface area (Å²) in [5, 5.41) is 11.3. The lowest BCUT2D eigenvalue weighted by Gasteiger charge is -2.20. The second-order valence-electron chi connectivity index (χ2n) is 6.13. The van der Waals surface area contributed by atoms with Crippen molar-refractivity contribution in [2.45, 2.75) is 46.1 Å².